The Bertz CT molecular complexity index is 858. The number of hydrogen-bond donors (Lipinski definition) is 1. The van der Waals surface area contributed by atoms with E-state index >= 15 is 0 Å². The lowest BCUT2D eigenvalue weighted by Crippen LogP contribution is -2.10. The molecule has 2 rings (SSSR count). The van der Waals surface area contributed by atoms with Gasteiger partial charge in [-0.2, -0.15) is 8.42 Å². The average molecular weight is 380 g/mol. The molecule has 2 aromatic rings. The van der Waals surface area contributed by atoms with E-state index in [4.69, 9.17) is 18.8 Å². The molecular weight excluding hydrogens is 360 g/mol. The maximum absolute atomic E-state index is 12.0. The highest BCUT2D eigenvalue weighted by molar-refractivity contribution is 7.86. The van der Waals surface area contributed by atoms with Gasteiger partial charge in [0.25, 0.3) is 10.1 Å². The third-order valence-electron chi connectivity index (χ3n) is 3.51. The molecule has 2 aromatic carbocycles. The zero-order valence-electron chi connectivity index (χ0n) is 14.5. The molecule has 8 heteroatoms. The van der Waals surface area contributed by atoms with Crippen molar-refractivity contribution in [2.24, 2.45) is 0 Å². The first-order valence-electron chi connectivity index (χ1n) is 7.84. The summed E-state index contributed by atoms with van der Waals surface area (Å²) in [5, 5.41) is 9.02. The van der Waals surface area contributed by atoms with Gasteiger partial charge < -0.3 is 14.6 Å². The summed E-state index contributed by atoms with van der Waals surface area (Å²) in [6.45, 7) is 2.05. The first kappa shape index (κ1) is 19.7. The molecule has 0 saturated carbocycles. The lowest BCUT2D eigenvalue weighted by atomic mass is 10.2. The number of methoxy groups -OCH3 is 1. The van der Waals surface area contributed by atoms with Crippen LogP contribution in [0, 0.1) is 6.92 Å². The standard InChI is InChI=1S/C18H20O7S/c1-13-4-7-15(8-5-13)26(21,22)25-11-3-10-24-14-6-9-16(18(19)20)17(12-14)23-2/h4-9,12H,3,10-11H2,1-2H3,(H,19,20). The van der Waals surface area contributed by atoms with E-state index in [0.717, 1.165) is 5.56 Å². The fourth-order valence-electron chi connectivity index (χ4n) is 2.13. The molecular formula is C18H20O7S. The quantitative estimate of drug-likeness (QED) is 0.527. The highest BCUT2D eigenvalue weighted by Gasteiger charge is 2.15. The van der Waals surface area contributed by atoms with E-state index in [2.05, 4.69) is 0 Å². The van der Waals surface area contributed by atoms with E-state index < -0.39 is 16.1 Å². The van der Waals surface area contributed by atoms with Crippen molar-refractivity contribution >= 4 is 16.1 Å². The van der Waals surface area contributed by atoms with Gasteiger partial charge in [0.2, 0.25) is 0 Å². The molecule has 0 aliphatic heterocycles. The fraction of sp³-hybridized carbons (Fsp3) is 0.278. The summed E-state index contributed by atoms with van der Waals surface area (Å²) >= 11 is 0. The molecule has 0 fully saturated rings. The number of aryl methyl sites for hydroxylation is 1. The summed E-state index contributed by atoms with van der Waals surface area (Å²) in [6.07, 6.45) is 0.341. The minimum Gasteiger partial charge on any atom is -0.496 e. The Morgan fingerprint density at radius 2 is 1.77 bits per heavy atom. The molecule has 0 bridgehead atoms. The minimum atomic E-state index is -3.79. The van der Waals surface area contributed by atoms with Gasteiger partial charge in [-0.15, -0.1) is 0 Å². The van der Waals surface area contributed by atoms with Crippen LogP contribution in [0.5, 0.6) is 11.5 Å². The lowest BCUT2D eigenvalue weighted by Gasteiger charge is -2.10. The van der Waals surface area contributed by atoms with E-state index in [1.54, 1.807) is 12.1 Å². The predicted octanol–water partition coefficient (Wildman–Crippen LogP) is 2.88. The van der Waals surface area contributed by atoms with Gasteiger partial charge in [0, 0.05) is 12.5 Å². The van der Waals surface area contributed by atoms with E-state index in [0.29, 0.717) is 12.2 Å². The van der Waals surface area contributed by atoms with Gasteiger partial charge in [-0.3, -0.25) is 4.18 Å². The summed E-state index contributed by atoms with van der Waals surface area (Å²) in [7, 11) is -2.42. The zero-order valence-corrected chi connectivity index (χ0v) is 15.3. The number of carboxylic acid groups (broad SMARTS) is 1. The van der Waals surface area contributed by atoms with Crippen molar-refractivity contribution in [3.63, 3.8) is 0 Å². The van der Waals surface area contributed by atoms with Crippen molar-refractivity contribution in [3.05, 3.63) is 53.6 Å². The highest BCUT2D eigenvalue weighted by atomic mass is 32.2. The van der Waals surface area contributed by atoms with Gasteiger partial charge in [-0.05, 0) is 31.2 Å². The zero-order chi connectivity index (χ0) is 19.2. The minimum absolute atomic E-state index is 0.0272. The Morgan fingerprint density at radius 3 is 2.38 bits per heavy atom. The predicted molar refractivity (Wildman–Crippen MR) is 94.4 cm³/mol. The van der Waals surface area contributed by atoms with Crippen LogP contribution in [0.15, 0.2) is 47.4 Å². The molecule has 0 atom stereocenters. The van der Waals surface area contributed by atoms with Crippen LogP contribution in [0.1, 0.15) is 22.3 Å². The van der Waals surface area contributed by atoms with Crippen molar-refractivity contribution in [2.45, 2.75) is 18.2 Å². The summed E-state index contributed by atoms with van der Waals surface area (Å²) in [5.74, 6) is -0.482. The first-order chi connectivity index (χ1) is 12.3. The van der Waals surface area contributed by atoms with Crippen molar-refractivity contribution in [1.29, 1.82) is 0 Å². The van der Waals surface area contributed by atoms with Crippen LogP contribution in [0.4, 0.5) is 0 Å². The van der Waals surface area contributed by atoms with Crippen LogP contribution >= 0.6 is 0 Å². The van der Waals surface area contributed by atoms with Crippen molar-refractivity contribution < 1.29 is 32.0 Å². The number of rotatable bonds is 9. The van der Waals surface area contributed by atoms with Crippen LogP contribution in [-0.2, 0) is 14.3 Å². The molecule has 0 saturated heterocycles. The third kappa shape index (κ3) is 5.21. The SMILES string of the molecule is COc1cc(OCCCOS(=O)(=O)c2ccc(C)cc2)ccc1C(=O)O. The number of benzene rings is 2. The van der Waals surface area contributed by atoms with Crippen molar-refractivity contribution in [2.75, 3.05) is 20.3 Å². The average Bonchev–Trinajstić information content (AvgIpc) is 2.61. The van der Waals surface area contributed by atoms with E-state index in [9.17, 15) is 13.2 Å². The molecule has 1 N–H and O–H groups in total. The number of carbonyl (C=O) groups is 1. The molecule has 140 valence electrons. The van der Waals surface area contributed by atoms with Crippen LogP contribution in [0.2, 0.25) is 0 Å². The third-order valence-corrected chi connectivity index (χ3v) is 4.84. The fourth-order valence-corrected chi connectivity index (χ4v) is 3.07. The van der Waals surface area contributed by atoms with Gasteiger partial charge in [0.05, 0.1) is 25.2 Å². The van der Waals surface area contributed by atoms with Gasteiger partial charge in [-0.25, -0.2) is 4.79 Å². The maximum atomic E-state index is 12.0. The van der Waals surface area contributed by atoms with Crippen LogP contribution in [0.25, 0.3) is 0 Å². The van der Waals surface area contributed by atoms with Gasteiger partial charge >= 0.3 is 5.97 Å². The maximum Gasteiger partial charge on any atom is 0.339 e. The number of ether oxygens (including phenoxy) is 2. The lowest BCUT2D eigenvalue weighted by molar-refractivity contribution is 0.0693. The smallest absolute Gasteiger partial charge is 0.339 e. The summed E-state index contributed by atoms with van der Waals surface area (Å²) in [6, 6.07) is 10.8. The molecule has 0 aliphatic rings. The van der Waals surface area contributed by atoms with E-state index in [1.165, 1.54) is 37.4 Å². The van der Waals surface area contributed by atoms with Gasteiger partial charge in [-0.1, -0.05) is 17.7 Å². The largest absolute Gasteiger partial charge is 0.496 e. The molecule has 0 unspecified atom stereocenters. The van der Waals surface area contributed by atoms with Crippen LogP contribution in [0.3, 0.4) is 0 Å². The highest BCUT2D eigenvalue weighted by Crippen LogP contribution is 2.24. The number of aromatic carboxylic acids is 1. The topological polar surface area (TPSA) is 99.1 Å². The normalized spacial score (nSPS) is 11.2. The Morgan fingerprint density at radius 1 is 1.08 bits per heavy atom. The second kappa shape index (κ2) is 8.68. The van der Waals surface area contributed by atoms with Gasteiger partial charge in [0.1, 0.15) is 17.1 Å². The summed E-state index contributed by atoms with van der Waals surface area (Å²) < 4.78 is 39.5. The molecule has 0 amide bonds. The molecule has 0 spiro atoms. The Hall–Kier alpha value is -2.58. The van der Waals surface area contributed by atoms with Crippen molar-refractivity contribution in [3.8, 4) is 11.5 Å². The van der Waals surface area contributed by atoms with E-state index in [-0.39, 0.29) is 29.4 Å². The molecule has 0 radical (unpaired) electrons. The van der Waals surface area contributed by atoms with Crippen LogP contribution < -0.4 is 9.47 Å². The first-order valence-corrected chi connectivity index (χ1v) is 9.24. The van der Waals surface area contributed by atoms with Crippen molar-refractivity contribution in [1.82, 2.24) is 0 Å². The molecule has 7 nitrogen and oxygen atoms in total. The Labute approximate surface area is 152 Å². The Balaban J connectivity index is 1.83. The molecule has 0 aromatic heterocycles. The molecule has 0 aliphatic carbocycles. The summed E-state index contributed by atoms with van der Waals surface area (Å²) in [5.41, 5.74) is 0.995. The second-order valence-electron chi connectivity index (χ2n) is 5.46. The number of hydrogen-bond acceptors (Lipinski definition) is 6. The summed E-state index contributed by atoms with van der Waals surface area (Å²) in [4.78, 5) is 11.1. The molecule has 0 heterocycles. The Kier molecular flexibility index (Phi) is 6.59. The van der Waals surface area contributed by atoms with Crippen LogP contribution in [-0.4, -0.2) is 39.8 Å². The van der Waals surface area contributed by atoms with E-state index in [1.807, 2.05) is 6.92 Å². The molecule has 26 heavy (non-hydrogen) atoms. The van der Waals surface area contributed by atoms with Gasteiger partial charge in [0.15, 0.2) is 0 Å². The second-order valence-corrected chi connectivity index (χ2v) is 7.07. The number of carboxylic acids is 1. The monoisotopic (exact) mass is 380 g/mol.